The van der Waals surface area contributed by atoms with Crippen molar-refractivity contribution < 1.29 is 9.18 Å². The van der Waals surface area contributed by atoms with Gasteiger partial charge in [-0.1, -0.05) is 25.0 Å². The summed E-state index contributed by atoms with van der Waals surface area (Å²) in [4.78, 5) is 14.3. The van der Waals surface area contributed by atoms with Gasteiger partial charge in [0.2, 0.25) is 5.91 Å². The average molecular weight is 408 g/mol. The first-order chi connectivity index (χ1) is 11.7. The van der Waals surface area contributed by atoms with Crippen LogP contribution in [0.15, 0.2) is 24.3 Å². The fraction of sp³-hybridized carbons (Fsp3) is 0.632. The number of amides is 1. The minimum Gasteiger partial charge on any atom is -0.353 e. The molecule has 150 valence electrons. The molecule has 3 N–H and O–H groups in total. The number of nitrogens with two attached hydrogens (primary N) is 1. The van der Waals surface area contributed by atoms with Gasteiger partial charge in [-0.2, -0.15) is 0 Å². The summed E-state index contributed by atoms with van der Waals surface area (Å²) in [5, 5.41) is 3.16. The highest BCUT2D eigenvalue weighted by atomic mass is 35.5. The highest BCUT2D eigenvalue weighted by Crippen LogP contribution is 2.15. The Morgan fingerprint density at radius 3 is 2.31 bits per heavy atom. The molecule has 1 aliphatic rings. The Morgan fingerprint density at radius 2 is 1.69 bits per heavy atom. The van der Waals surface area contributed by atoms with Crippen LogP contribution < -0.4 is 11.1 Å². The third-order valence-corrected chi connectivity index (χ3v) is 4.63. The zero-order valence-corrected chi connectivity index (χ0v) is 16.9. The predicted octanol–water partition coefficient (Wildman–Crippen LogP) is 3.66. The first-order valence-electron chi connectivity index (χ1n) is 9.13. The first kappa shape index (κ1) is 25.1. The van der Waals surface area contributed by atoms with Crippen molar-refractivity contribution in [1.29, 1.82) is 0 Å². The van der Waals surface area contributed by atoms with Crippen molar-refractivity contribution in [1.82, 2.24) is 10.2 Å². The summed E-state index contributed by atoms with van der Waals surface area (Å²) < 4.78 is 12.9. The van der Waals surface area contributed by atoms with Crippen molar-refractivity contribution >= 4 is 30.7 Å². The molecular formula is C19H32Cl2FN3O. The Balaban J connectivity index is 0.00000312. The Morgan fingerprint density at radius 1 is 1.08 bits per heavy atom. The number of hydrogen-bond donors (Lipinski definition) is 2. The molecule has 1 heterocycles. The van der Waals surface area contributed by atoms with Gasteiger partial charge in [0.15, 0.2) is 0 Å². The lowest BCUT2D eigenvalue weighted by molar-refractivity contribution is -0.122. The van der Waals surface area contributed by atoms with Crippen LogP contribution >= 0.6 is 24.8 Å². The Kier molecular flexibility index (Phi) is 13.7. The van der Waals surface area contributed by atoms with Crippen LogP contribution in [-0.2, 0) is 11.3 Å². The molecular weight excluding hydrogens is 376 g/mol. The first-order valence-corrected chi connectivity index (χ1v) is 9.13. The highest BCUT2D eigenvalue weighted by Gasteiger charge is 2.20. The molecule has 1 aromatic carbocycles. The van der Waals surface area contributed by atoms with Gasteiger partial charge >= 0.3 is 0 Å². The van der Waals surface area contributed by atoms with Gasteiger partial charge in [-0.3, -0.25) is 9.69 Å². The third kappa shape index (κ3) is 9.72. The lowest BCUT2D eigenvalue weighted by Crippen LogP contribution is -2.44. The van der Waals surface area contributed by atoms with Crippen molar-refractivity contribution in [2.24, 2.45) is 5.73 Å². The number of hydrogen-bond acceptors (Lipinski definition) is 3. The number of unbranched alkanes of at least 4 members (excludes halogenated alkanes) is 3. The summed E-state index contributed by atoms with van der Waals surface area (Å²) in [7, 11) is 0. The molecule has 0 atom stereocenters. The smallest absolute Gasteiger partial charge is 0.220 e. The molecule has 1 saturated heterocycles. The molecule has 7 heteroatoms. The minimum atomic E-state index is -0.191. The summed E-state index contributed by atoms with van der Waals surface area (Å²) in [6, 6.07) is 7.00. The maximum absolute atomic E-state index is 12.9. The SMILES string of the molecule is Cl.Cl.NCCCCCCC(=O)NC1CCN(Cc2ccc(F)cc2)CC1. The topological polar surface area (TPSA) is 58.4 Å². The van der Waals surface area contributed by atoms with E-state index < -0.39 is 0 Å². The normalized spacial score (nSPS) is 15.0. The van der Waals surface area contributed by atoms with Gasteiger partial charge < -0.3 is 11.1 Å². The number of rotatable bonds is 9. The maximum Gasteiger partial charge on any atom is 0.220 e. The monoisotopic (exact) mass is 407 g/mol. The second kappa shape index (κ2) is 14.2. The fourth-order valence-corrected chi connectivity index (χ4v) is 3.17. The number of nitrogens with one attached hydrogen (secondary N) is 1. The number of nitrogens with zero attached hydrogens (tertiary/aromatic N) is 1. The summed E-state index contributed by atoms with van der Waals surface area (Å²) in [6.07, 6.45) is 6.80. The highest BCUT2D eigenvalue weighted by molar-refractivity contribution is 5.85. The predicted molar refractivity (Wildman–Crippen MR) is 109 cm³/mol. The summed E-state index contributed by atoms with van der Waals surface area (Å²) in [6.45, 7) is 3.53. The van der Waals surface area contributed by atoms with E-state index in [-0.39, 0.29) is 36.5 Å². The molecule has 4 nitrogen and oxygen atoms in total. The van der Waals surface area contributed by atoms with Crippen molar-refractivity contribution in [2.45, 2.75) is 57.5 Å². The van der Waals surface area contributed by atoms with E-state index >= 15 is 0 Å². The van der Waals surface area contributed by atoms with Gasteiger partial charge in [0.05, 0.1) is 0 Å². The maximum atomic E-state index is 12.9. The molecule has 0 bridgehead atoms. The number of carbonyl (C=O) groups excluding carboxylic acids is 1. The second-order valence-corrected chi connectivity index (χ2v) is 6.70. The quantitative estimate of drug-likeness (QED) is 0.614. The number of piperidine rings is 1. The Bertz CT molecular complexity index is 494. The van der Waals surface area contributed by atoms with Crippen molar-refractivity contribution in [3.8, 4) is 0 Å². The van der Waals surface area contributed by atoms with Crippen molar-refractivity contribution in [2.75, 3.05) is 19.6 Å². The van der Waals surface area contributed by atoms with Crippen LogP contribution in [0.25, 0.3) is 0 Å². The molecule has 0 spiro atoms. The van der Waals surface area contributed by atoms with Crippen molar-refractivity contribution in [3.05, 3.63) is 35.6 Å². The molecule has 1 amide bonds. The van der Waals surface area contributed by atoms with E-state index in [9.17, 15) is 9.18 Å². The Labute approximate surface area is 168 Å². The molecule has 0 unspecified atom stereocenters. The zero-order valence-electron chi connectivity index (χ0n) is 15.3. The number of halogens is 3. The number of carbonyl (C=O) groups is 1. The van der Waals surface area contributed by atoms with E-state index in [2.05, 4.69) is 10.2 Å². The Hall–Kier alpha value is -0.880. The van der Waals surface area contributed by atoms with Gasteiger partial charge in [-0.05, 0) is 49.9 Å². The van der Waals surface area contributed by atoms with Crippen molar-refractivity contribution in [3.63, 3.8) is 0 Å². The third-order valence-electron chi connectivity index (χ3n) is 4.63. The van der Waals surface area contributed by atoms with Crippen LogP contribution in [-0.4, -0.2) is 36.5 Å². The van der Waals surface area contributed by atoms with E-state index in [1.165, 1.54) is 12.1 Å². The molecule has 1 fully saturated rings. The van der Waals surface area contributed by atoms with E-state index in [1.807, 2.05) is 12.1 Å². The van der Waals surface area contributed by atoms with Crippen LogP contribution in [0.5, 0.6) is 0 Å². The van der Waals surface area contributed by atoms with E-state index in [0.29, 0.717) is 12.5 Å². The van der Waals surface area contributed by atoms with Gasteiger partial charge in [0, 0.05) is 32.1 Å². The van der Waals surface area contributed by atoms with E-state index in [1.54, 1.807) is 0 Å². The standard InChI is InChI=1S/C19H30FN3O.2ClH/c20-17-8-6-16(7-9-17)15-23-13-10-18(11-14-23)22-19(24)5-3-1-2-4-12-21;;/h6-9,18H,1-5,10-15,21H2,(H,22,24);2*1H. The van der Waals surface area contributed by atoms with E-state index in [0.717, 1.165) is 70.3 Å². The van der Waals surface area contributed by atoms with Gasteiger partial charge in [0.25, 0.3) is 0 Å². The summed E-state index contributed by atoms with van der Waals surface area (Å²) >= 11 is 0. The largest absolute Gasteiger partial charge is 0.353 e. The van der Waals surface area contributed by atoms with Crippen LogP contribution in [0.2, 0.25) is 0 Å². The molecule has 2 rings (SSSR count). The van der Waals surface area contributed by atoms with Crippen LogP contribution in [0.1, 0.15) is 50.5 Å². The van der Waals surface area contributed by atoms with Crippen LogP contribution in [0.3, 0.4) is 0 Å². The molecule has 0 aliphatic carbocycles. The minimum absolute atomic E-state index is 0. The van der Waals surface area contributed by atoms with Gasteiger partial charge in [-0.15, -0.1) is 24.8 Å². The molecule has 1 aliphatic heterocycles. The lowest BCUT2D eigenvalue weighted by atomic mass is 10.0. The summed E-state index contributed by atoms with van der Waals surface area (Å²) in [5.41, 5.74) is 6.60. The van der Waals surface area contributed by atoms with E-state index in [4.69, 9.17) is 5.73 Å². The fourth-order valence-electron chi connectivity index (χ4n) is 3.17. The molecule has 0 aromatic heterocycles. The summed E-state index contributed by atoms with van der Waals surface area (Å²) in [5.74, 6) is -0.0112. The molecule has 0 radical (unpaired) electrons. The average Bonchev–Trinajstić information content (AvgIpc) is 2.58. The van der Waals surface area contributed by atoms with Gasteiger partial charge in [0.1, 0.15) is 5.82 Å². The molecule has 0 saturated carbocycles. The molecule has 26 heavy (non-hydrogen) atoms. The zero-order chi connectivity index (χ0) is 17.2. The number of likely N-dealkylation sites (tertiary alicyclic amines) is 1. The van der Waals surface area contributed by atoms with Crippen LogP contribution in [0, 0.1) is 5.82 Å². The molecule has 1 aromatic rings. The lowest BCUT2D eigenvalue weighted by Gasteiger charge is -2.32. The van der Waals surface area contributed by atoms with Gasteiger partial charge in [-0.25, -0.2) is 4.39 Å². The number of benzene rings is 1. The second-order valence-electron chi connectivity index (χ2n) is 6.70. The van der Waals surface area contributed by atoms with Crippen LogP contribution in [0.4, 0.5) is 4.39 Å².